The lowest BCUT2D eigenvalue weighted by molar-refractivity contribution is -0.132. The van der Waals surface area contributed by atoms with Gasteiger partial charge in [0.2, 0.25) is 5.91 Å². The van der Waals surface area contributed by atoms with Crippen molar-refractivity contribution in [3.8, 4) is 0 Å². The maximum absolute atomic E-state index is 13.2. The molecule has 0 atom stereocenters. The van der Waals surface area contributed by atoms with E-state index in [2.05, 4.69) is 4.98 Å². The number of amides is 2. The van der Waals surface area contributed by atoms with E-state index in [1.807, 2.05) is 0 Å². The third-order valence-corrected chi connectivity index (χ3v) is 3.61. The highest BCUT2D eigenvalue weighted by molar-refractivity contribution is 5.94. The van der Waals surface area contributed by atoms with Gasteiger partial charge in [0.05, 0.1) is 24.8 Å². The van der Waals surface area contributed by atoms with Crippen LogP contribution in [-0.4, -0.2) is 66.5 Å². The molecule has 1 aliphatic rings. The van der Waals surface area contributed by atoms with E-state index < -0.39 is 5.82 Å². The molecule has 0 saturated carbocycles. The largest absolute Gasteiger partial charge is 0.384 e. The number of hydrogen-bond acceptors (Lipinski definition) is 4. The Kier molecular flexibility index (Phi) is 5.83. The summed E-state index contributed by atoms with van der Waals surface area (Å²) in [7, 11) is 1.56. The third kappa shape index (κ3) is 4.24. The Hall–Kier alpha value is -2.02. The van der Waals surface area contributed by atoms with Crippen molar-refractivity contribution in [2.45, 2.75) is 12.8 Å². The number of carbonyl (C=O) groups excluding carboxylic acids is 2. The van der Waals surface area contributed by atoms with Gasteiger partial charge in [-0.1, -0.05) is 0 Å². The fourth-order valence-corrected chi connectivity index (χ4v) is 2.43. The normalized spacial score (nSPS) is 15.5. The summed E-state index contributed by atoms with van der Waals surface area (Å²) in [4.78, 5) is 31.4. The summed E-state index contributed by atoms with van der Waals surface area (Å²) in [6, 6.07) is 1.18. The van der Waals surface area contributed by atoms with E-state index in [1.54, 1.807) is 16.9 Å². The van der Waals surface area contributed by atoms with Crippen LogP contribution in [0.2, 0.25) is 0 Å². The van der Waals surface area contributed by atoms with E-state index in [9.17, 15) is 14.0 Å². The first-order valence-electron chi connectivity index (χ1n) is 7.28. The molecule has 1 saturated heterocycles. The fraction of sp³-hybridized carbons (Fsp3) is 0.533. The van der Waals surface area contributed by atoms with Crippen LogP contribution in [0.5, 0.6) is 0 Å². The molecule has 2 amide bonds. The van der Waals surface area contributed by atoms with Gasteiger partial charge in [0.15, 0.2) is 0 Å². The molecule has 2 heterocycles. The molecule has 6 nitrogen and oxygen atoms in total. The molecule has 0 aromatic carbocycles. The highest BCUT2D eigenvalue weighted by atomic mass is 19.1. The van der Waals surface area contributed by atoms with Crippen molar-refractivity contribution in [2.24, 2.45) is 0 Å². The second-order valence-corrected chi connectivity index (χ2v) is 5.16. The second-order valence-electron chi connectivity index (χ2n) is 5.16. The zero-order valence-corrected chi connectivity index (χ0v) is 12.6. The average molecular weight is 309 g/mol. The topological polar surface area (TPSA) is 62.7 Å². The predicted molar refractivity (Wildman–Crippen MR) is 77.8 cm³/mol. The maximum Gasteiger partial charge on any atom is 0.255 e. The molecule has 2 rings (SSSR count). The first-order chi connectivity index (χ1) is 10.6. The lowest BCUT2D eigenvalue weighted by Crippen LogP contribution is -2.37. The van der Waals surface area contributed by atoms with Crippen LogP contribution in [0.4, 0.5) is 4.39 Å². The molecule has 0 unspecified atom stereocenters. The van der Waals surface area contributed by atoms with E-state index in [0.717, 1.165) is 6.20 Å². The van der Waals surface area contributed by atoms with E-state index in [0.29, 0.717) is 45.6 Å². The quantitative estimate of drug-likeness (QED) is 0.830. The van der Waals surface area contributed by atoms with Gasteiger partial charge in [-0.05, 0) is 12.5 Å². The molecule has 1 aromatic rings. The molecule has 1 aliphatic heterocycles. The van der Waals surface area contributed by atoms with Gasteiger partial charge >= 0.3 is 0 Å². The molecule has 0 aliphatic carbocycles. The summed E-state index contributed by atoms with van der Waals surface area (Å²) in [6.07, 6.45) is 3.47. The van der Waals surface area contributed by atoms with Crippen LogP contribution >= 0.6 is 0 Å². The zero-order chi connectivity index (χ0) is 15.9. The predicted octanol–water partition coefficient (Wildman–Crippen LogP) is 0.932. The lowest BCUT2D eigenvalue weighted by atomic mass is 10.2. The number of carbonyl (C=O) groups is 2. The summed E-state index contributed by atoms with van der Waals surface area (Å²) in [5, 5.41) is 0. The van der Waals surface area contributed by atoms with Crippen LogP contribution in [0.25, 0.3) is 0 Å². The number of halogens is 1. The number of nitrogens with zero attached hydrogens (tertiary/aromatic N) is 3. The van der Waals surface area contributed by atoms with Gasteiger partial charge in [0.1, 0.15) is 5.82 Å². The molecule has 7 heteroatoms. The van der Waals surface area contributed by atoms with Gasteiger partial charge in [0.25, 0.3) is 5.91 Å². The molecular formula is C15H20FN3O3. The third-order valence-electron chi connectivity index (χ3n) is 3.61. The maximum atomic E-state index is 13.2. The summed E-state index contributed by atoms with van der Waals surface area (Å²) < 4.78 is 18.1. The Balaban J connectivity index is 1.95. The minimum absolute atomic E-state index is 0.0311. The number of pyridine rings is 1. The highest BCUT2D eigenvalue weighted by Crippen LogP contribution is 2.10. The Morgan fingerprint density at radius 2 is 1.95 bits per heavy atom. The number of ether oxygens (including phenoxy) is 1. The molecule has 0 radical (unpaired) electrons. The Bertz CT molecular complexity index is 539. The van der Waals surface area contributed by atoms with Crippen molar-refractivity contribution >= 4 is 11.8 Å². The summed E-state index contributed by atoms with van der Waals surface area (Å²) in [5.41, 5.74) is 0.235. The van der Waals surface area contributed by atoms with Gasteiger partial charge in [-0.2, -0.15) is 0 Å². The SMILES string of the molecule is COCCC(=O)N1CCCN(C(=O)c2cncc(F)c2)CC1. The summed E-state index contributed by atoms with van der Waals surface area (Å²) in [5.74, 6) is -0.751. The van der Waals surface area contributed by atoms with Crippen molar-refractivity contribution in [1.29, 1.82) is 0 Å². The smallest absolute Gasteiger partial charge is 0.255 e. The van der Waals surface area contributed by atoms with E-state index in [1.165, 1.54) is 12.3 Å². The molecule has 0 bridgehead atoms. The Morgan fingerprint density at radius 1 is 1.23 bits per heavy atom. The van der Waals surface area contributed by atoms with Gasteiger partial charge < -0.3 is 14.5 Å². The highest BCUT2D eigenvalue weighted by Gasteiger charge is 2.23. The Morgan fingerprint density at radius 3 is 2.68 bits per heavy atom. The number of hydrogen-bond donors (Lipinski definition) is 0. The first kappa shape index (κ1) is 16.4. The summed E-state index contributed by atoms with van der Waals surface area (Å²) >= 11 is 0. The average Bonchev–Trinajstić information content (AvgIpc) is 2.78. The van der Waals surface area contributed by atoms with Gasteiger partial charge in [0, 0.05) is 39.5 Å². The van der Waals surface area contributed by atoms with Crippen LogP contribution in [0, 0.1) is 5.82 Å². The van der Waals surface area contributed by atoms with Crippen LogP contribution in [0.3, 0.4) is 0 Å². The zero-order valence-electron chi connectivity index (χ0n) is 12.6. The minimum atomic E-state index is -0.531. The number of aromatic nitrogens is 1. The number of methoxy groups -OCH3 is 1. The standard InChI is InChI=1S/C15H20FN3O3/c1-22-8-3-14(20)18-4-2-5-19(7-6-18)15(21)12-9-13(16)11-17-10-12/h9-11H,2-8H2,1H3. The molecule has 1 aromatic heterocycles. The molecule has 120 valence electrons. The summed E-state index contributed by atoms with van der Waals surface area (Å²) in [6.45, 7) is 2.48. The van der Waals surface area contributed by atoms with Crippen molar-refractivity contribution < 1.29 is 18.7 Å². The van der Waals surface area contributed by atoms with Crippen molar-refractivity contribution in [3.63, 3.8) is 0 Å². The minimum Gasteiger partial charge on any atom is -0.384 e. The van der Waals surface area contributed by atoms with E-state index in [-0.39, 0.29) is 17.4 Å². The van der Waals surface area contributed by atoms with Crippen LogP contribution in [-0.2, 0) is 9.53 Å². The fourth-order valence-electron chi connectivity index (χ4n) is 2.43. The molecular weight excluding hydrogens is 289 g/mol. The second kappa shape index (κ2) is 7.84. The van der Waals surface area contributed by atoms with Crippen molar-refractivity contribution in [1.82, 2.24) is 14.8 Å². The Labute approximate surface area is 128 Å². The lowest BCUT2D eigenvalue weighted by Gasteiger charge is -2.22. The van der Waals surface area contributed by atoms with Crippen LogP contribution in [0.15, 0.2) is 18.5 Å². The van der Waals surface area contributed by atoms with Crippen LogP contribution < -0.4 is 0 Å². The first-order valence-corrected chi connectivity index (χ1v) is 7.28. The van der Waals surface area contributed by atoms with E-state index >= 15 is 0 Å². The van der Waals surface area contributed by atoms with Gasteiger partial charge in [-0.25, -0.2) is 4.39 Å². The molecule has 22 heavy (non-hydrogen) atoms. The van der Waals surface area contributed by atoms with Gasteiger partial charge in [-0.3, -0.25) is 14.6 Å². The monoisotopic (exact) mass is 309 g/mol. The molecule has 0 N–H and O–H groups in total. The molecule has 0 spiro atoms. The number of rotatable bonds is 4. The molecule has 1 fully saturated rings. The van der Waals surface area contributed by atoms with Gasteiger partial charge in [-0.15, -0.1) is 0 Å². The van der Waals surface area contributed by atoms with Crippen molar-refractivity contribution in [3.05, 3.63) is 29.8 Å². The van der Waals surface area contributed by atoms with Crippen molar-refractivity contribution in [2.75, 3.05) is 39.9 Å². The van der Waals surface area contributed by atoms with E-state index in [4.69, 9.17) is 4.74 Å². The van der Waals surface area contributed by atoms with Crippen LogP contribution in [0.1, 0.15) is 23.2 Å².